The third-order valence-corrected chi connectivity index (χ3v) is 3.07. The lowest BCUT2D eigenvalue weighted by atomic mass is 10.1. The number of hydrogen-bond acceptors (Lipinski definition) is 2. The zero-order valence-corrected chi connectivity index (χ0v) is 10.2. The van der Waals surface area contributed by atoms with Gasteiger partial charge >= 0.3 is 0 Å². The van der Waals surface area contributed by atoms with Gasteiger partial charge in [-0.3, -0.25) is 0 Å². The van der Waals surface area contributed by atoms with Crippen molar-refractivity contribution in [2.24, 2.45) is 0 Å². The van der Waals surface area contributed by atoms with Gasteiger partial charge in [0.1, 0.15) is 0 Å². The first-order chi connectivity index (χ1) is 7.79. The molecule has 0 aromatic heterocycles. The van der Waals surface area contributed by atoms with Gasteiger partial charge in [-0.25, -0.2) is 0 Å². The maximum absolute atomic E-state index is 5.10. The van der Waals surface area contributed by atoms with Gasteiger partial charge in [0, 0.05) is 19.7 Å². The zero-order valence-electron chi connectivity index (χ0n) is 10.2. The average Bonchev–Trinajstić information content (AvgIpc) is 3.11. The first-order valence-corrected chi connectivity index (χ1v) is 6.10. The Labute approximate surface area is 98.0 Å². The molecule has 1 aromatic rings. The molecular formula is C14H21NO. The van der Waals surface area contributed by atoms with Crippen LogP contribution in [0.15, 0.2) is 24.3 Å². The number of ether oxygens (including phenoxy) is 1. The molecule has 2 nitrogen and oxygen atoms in total. The predicted molar refractivity (Wildman–Crippen MR) is 66.6 cm³/mol. The second-order valence-electron chi connectivity index (χ2n) is 4.76. The van der Waals surface area contributed by atoms with E-state index in [1.807, 2.05) is 0 Å². The van der Waals surface area contributed by atoms with Crippen LogP contribution in [0.1, 0.15) is 36.8 Å². The highest BCUT2D eigenvalue weighted by molar-refractivity contribution is 5.29. The van der Waals surface area contributed by atoms with Crippen LogP contribution in [0.4, 0.5) is 0 Å². The molecule has 1 aliphatic carbocycles. The summed E-state index contributed by atoms with van der Waals surface area (Å²) in [6.07, 6.45) is 2.74. The Hall–Kier alpha value is -0.860. The fourth-order valence-corrected chi connectivity index (χ4v) is 1.97. The second kappa shape index (κ2) is 5.46. The maximum Gasteiger partial charge on any atom is 0.0613 e. The summed E-state index contributed by atoms with van der Waals surface area (Å²) in [5.74, 6) is 0.844. The Morgan fingerprint density at radius 3 is 2.94 bits per heavy atom. The molecule has 1 aliphatic rings. The molecule has 0 radical (unpaired) electrons. The van der Waals surface area contributed by atoms with Crippen LogP contribution in [0.25, 0.3) is 0 Å². The molecule has 0 saturated heterocycles. The van der Waals surface area contributed by atoms with Crippen molar-refractivity contribution in [3.8, 4) is 0 Å². The van der Waals surface area contributed by atoms with Crippen LogP contribution in [0.2, 0.25) is 0 Å². The Bertz CT molecular complexity index is 333. The van der Waals surface area contributed by atoms with Crippen LogP contribution >= 0.6 is 0 Å². The summed E-state index contributed by atoms with van der Waals surface area (Å²) in [5, 5.41) is 3.46. The molecule has 1 aromatic carbocycles. The van der Waals surface area contributed by atoms with Crippen LogP contribution < -0.4 is 5.32 Å². The first-order valence-electron chi connectivity index (χ1n) is 6.10. The van der Waals surface area contributed by atoms with E-state index in [-0.39, 0.29) is 0 Å². The molecule has 1 unspecified atom stereocenters. The summed E-state index contributed by atoms with van der Waals surface area (Å²) in [6.45, 7) is 3.85. The molecule has 88 valence electrons. The quantitative estimate of drug-likeness (QED) is 0.794. The van der Waals surface area contributed by atoms with Crippen LogP contribution in [0.3, 0.4) is 0 Å². The van der Waals surface area contributed by atoms with Crippen LogP contribution in [-0.4, -0.2) is 19.8 Å². The lowest BCUT2D eigenvalue weighted by Crippen LogP contribution is -2.29. The van der Waals surface area contributed by atoms with E-state index in [0.29, 0.717) is 6.04 Å². The highest BCUT2D eigenvalue weighted by atomic mass is 16.5. The molecule has 1 N–H and O–H groups in total. The molecule has 0 aliphatic heterocycles. The smallest absolute Gasteiger partial charge is 0.0613 e. The molecule has 2 heteroatoms. The summed E-state index contributed by atoms with van der Waals surface area (Å²) in [5.41, 5.74) is 2.89. The Morgan fingerprint density at radius 2 is 2.25 bits per heavy atom. The van der Waals surface area contributed by atoms with Gasteiger partial charge in [-0.1, -0.05) is 24.3 Å². The summed E-state index contributed by atoms with van der Waals surface area (Å²) in [4.78, 5) is 0. The molecule has 2 rings (SSSR count). The average molecular weight is 219 g/mol. The highest BCUT2D eigenvalue weighted by Gasteiger charge is 2.23. The molecule has 16 heavy (non-hydrogen) atoms. The third-order valence-electron chi connectivity index (χ3n) is 3.07. The van der Waals surface area contributed by atoms with Crippen LogP contribution in [0.5, 0.6) is 0 Å². The molecule has 1 atom stereocenters. The molecule has 0 spiro atoms. The fourth-order valence-electron chi connectivity index (χ4n) is 1.97. The topological polar surface area (TPSA) is 21.3 Å². The van der Waals surface area contributed by atoms with Crippen molar-refractivity contribution in [3.63, 3.8) is 0 Å². The fraction of sp³-hybridized carbons (Fsp3) is 0.571. The van der Waals surface area contributed by atoms with Gasteiger partial charge in [-0.2, -0.15) is 0 Å². The number of nitrogens with one attached hydrogen (secondary N) is 1. The lowest BCUT2D eigenvalue weighted by molar-refractivity contribution is 0.171. The van der Waals surface area contributed by atoms with E-state index in [1.54, 1.807) is 7.11 Å². The predicted octanol–water partition coefficient (Wildman–Crippen LogP) is 2.69. The van der Waals surface area contributed by atoms with E-state index >= 15 is 0 Å². The lowest BCUT2D eigenvalue weighted by Gasteiger charge is -2.13. The zero-order chi connectivity index (χ0) is 11.4. The van der Waals surface area contributed by atoms with Crippen LogP contribution in [-0.2, 0) is 11.3 Å². The van der Waals surface area contributed by atoms with Gasteiger partial charge in [0.25, 0.3) is 0 Å². The summed E-state index contributed by atoms with van der Waals surface area (Å²) in [7, 11) is 1.74. The van der Waals surface area contributed by atoms with Crippen molar-refractivity contribution in [2.45, 2.75) is 38.3 Å². The van der Waals surface area contributed by atoms with Crippen molar-refractivity contribution >= 4 is 0 Å². The Kier molecular flexibility index (Phi) is 3.97. The van der Waals surface area contributed by atoms with Gasteiger partial charge in [0.15, 0.2) is 0 Å². The van der Waals surface area contributed by atoms with Gasteiger partial charge in [-0.15, -0.1) is 0 Å². The van der Waals surface area contributed by atoms with Gasteiger partial charge in [-0.05, 0) is 36.8 Å². The standard InChI is InChI=1S/C14H21NO/c1-11(10-16-2)15-9-12-4-3-5-14(8-12)13-6-7-13/h3-5,8,11,13,15H,6-7,9-10H2,1-2H3. The third kappa shape index (κ3) is 3.32. The SMILES string of the molecule is COCC(C)NCc1cccc(C2CC2)c1. The van der Waals surface area contributed by atoms with E-state index in [9.17, 15) is 0 Å². The largest absolute Gasteiger partial charge is 0.383 e. The highest BCUT2D eigenvalue weighted by Crippen LogP contribution is 2.40. The van der Waals surface area contributed by atoms with E-state index in [4.69, 9.17) is 4.74 Å². The minimum absolute atomic E-state index is 0.412. The van der Waals surface area contributed by atoms with E-state index in [0.717, 1.165) is 19.1 Å². The van der Waals surface area contributed by atoms with E-state index < -0.39 is 0 Å². The number of rotatable bonds is 6. The number of hydrogen-bond donors (Lipinski definition) is 1. The Balaban J connectivity index is 1.86. The molecule has 0 bridgehead atoms. The van der Waals surface area contributed by atoms with Gasteiger partial charge < -0.3 is 10.1 Å². The summed E-state index contributed by atoms with van der Waals surface area (Å²) < 4.78 is 5.10. The van der Waals surface area contributed by atoms with E-state index in [1.165, 1.54) is 24.0 Å². The van der Waals surface area contributed by atoms with Gasteiger partial charge in [0.2, 0.25) is 0 Å². The number of benzene rings is 1. The normalized spacial score (nSPS) is 17.4. The Morgan fingerprint density at radius 1 is 1.44 bits per heavy atom. The van der Waals surface area contributed by atoms with Gasteiger partial charge in [0.05, 0.1) is 6.61 Å². The van der Waals surface area contributed by atoms with Crippen molar-refractivity contribution in [1.82, 2.24) is 5.32 Å². The minimum atomic E-state index is 0.412. The molecule has 1 fully saturated rings. The maximum atomic E-state index is 5.10. The molecule has 1 saturated carbocycles. The van der Waals surface area contributed by atoms with Crippen molar-refractivity contribution in [1.29, 1.82) is 0 Å². The molecule has 0 amide bonds. The molecular weight excluding hydrogens is 198 g/mol. The van der Waals surface area contributed by atoms with Crippen molar-refractivity contribution in [2.75, 3.05) is 13.7 Å². The minimum Gasteiger partial charge on any atom is -0.383 e. The van der Waals surface area contributed by atoms with Crippen LogP contribution in [0, 0.1) is 0 Å². The van der Waals surface area contributed by atoms with Crippen molar-refractivity contribution in [3.05, 3.63) is 35.4 Å². The summed E-state index contributed by atoms with van der Waals surface area (Å²) in [6, 6.07) is 9.36. The molecule has 0 heterocycles. The van der Waals surface area contributed by atoms with Crippen molar-refractivity contribution < 1.29 is 4.74 Å². The first kappa shape index (κ1) is 11.6. The monoisotopic (exact) mass is 219 g/mol. The van der Waals surface area contributed by atoms with E-state index in [2.05, 4.69) is 36.5 Å². The number of methoxy groups -OCH3 is 1. The summed E-state index contributed by atoms with van der Waals surface area (Å²) >= 11 is 0. The second-order valence-corrected chi connectivity index (χ2v) is 4.76.